The predicted octanol–water partition coefficient (Wildman–Crippen LogP) is 4.85. The van der Waals surface area contributed by atoms with E-state index in [2.05, 4.69) is 59.8 Å². The molecule has 0 saturated carbocycles. The van der Waals surface area contributed by atoms with Gasteiger partial charge in [-0.2, -0.15) is 0 Å². The van der Waals surface area contributed by atoms with Gasteiger partial charge in [-0.3, -0.25) is 4.98 Å². The molecule has 2 aromatic heterocycles. The van der Waals surface area contributed by atoms with Crippen molar-refractivity contribution < 1.29 is 0 Å². The largest absolute Gasteiger partial charge is 0.255 e. The van der Waals surface area contributed by atoms with Gasteiger partial charge in [0.1, 0.15) is 11.6 Å². The molecule has 0 unspecified atom stereocenters. The molecule has 0 fully saturated rings. The Hall–Kier alpha value is -2.62. The summed E-state index contributed by atoms with van der Waals surface area (Å²) in [6, 6.07) is 14.2. The monoisotopic (exact) mass is 318 g/mol. The quantitative estimate of drug-likeness (QED) is 0.690. The van der Waals surface area contributed by atoms with Crippen LogP contribution in [0.4, 0.5) is 0 Å². The van der Waals surface area contributed by atoms with Crippen molar-refractivity contribution >= 4 is 0 Å². The van der Waals surface area contributed by atoms with E-state index in [0.717, 1.165) is 28.5 Å². The van der Waals surface area contributed by atoms with Crippen molar-refractivity contribution in [1.82, 2.24) is 19.9 Å². The highest BCUT2D eigenvalue weighted by Crippen LogP contribution is 2.22. The third-order valence-electron chi connectivity index (χ3n) is 3.79. The maximum atomic E-state index is 4.63. The van der Waals surface area contributed by atoms with Crippen LogP contribution in [0.25, 0.3) is 22.6 Å². The van der Waals surface area contributed by atoms with Crippen LogP contribution in [-0.2, 0) is 0 Å². The summed E-state index contributed by atoms with van der Waals surface area (Å²) in [5, 5.41) is 0. The third kappa shape index (κ3) is 3.48. The second-order valence-corrected chi connectivity index (χ2v) is 6.48. The van der Waals surface area contributed by atoms with Crippen molar-refractivity contribution in [3.8, 4) is 22.6 Å². The molecule has 0 N–H and O–H groups in total. The minimum atomic E-state index is 0.265. The van der Waals surface area contributed by atoms with Crippen LogP contribution in [0.5, 0.6) is 0 Å². The van der Waals surface area contributed by atoms with E-state index < -0.39 is 0 Å². The van der Waals surface area contributed by atoms with Crippen molar-refractivity contribution in [3.63, 3.8) is 0 Å². The van der Waals surface area contributed by atoms with E-state index in [4.69, 9.17) is 0 Å². The van der Waals surface area contributed by atoms with Gasteiger partial charge in [-0.25, -0.2) is 15.0 Å². The van der Waals surface area contributed by atoms with Crippen LogP contribution in [0.15, 0.2) is 48.7 Å². The number of pyridine rings is 1. The molecule has 0 aliphatic carbocycles. The molecule has 24 heavy (non-hydrogen) atoms. The zero-order valence-corrected chi connectivity index (χ0v) is 14.6. The molecular formula is C20H22N4. The Labute approximate surface area is 143 Å². The molecule has 0 bridgehead atoms. The lowest BCUT2D eigenvalue weighted by Crippen LogP contribution is -2.08. The van der Waals surface area contributed by atoms with E-state index >= 15 is 0 Å². The molecule has 2 heterocycles. The molecular weight excluding hydrogens is 296 g/mol. The third-order valence-corrected chi connectivity index (χ3v) is 3.79. The summed E-state index contributed by atoms with van der Waals surface area (Å²) in [6.07, 6.45) is 1.84. The standard InChI is InChI=1S/C20H22N4/c1-13(2)18-22-19(14(3)4)24-20(23-18)16-10-11-17(21-12-16)15-8-6-5-7-9-15/h5-14H,1-4H3. The Morgan fingerprint density at radius 3 is 1.79 bits per heavy atom. The average Bonchev–Trinajstić information content (AvgIpc) is 2.62. The van der Waals surface area contributed by atoms with E-state index in [9.17, 15) is 0 Å². The lowest BCUT2D eigenvalue weighted by atomic mass is 10.1. The van der Waals surface area contributed by atoms with Gasteiger partial charge in [0.15, 0.2) is 5.82 Å². The number of benzene rings is 1. The summed E-state index contributed by atoms with van der Waals surface area (Å²) in [5.41, 5.74) is 2.97. The molecule has 0 saturated heterocycles. The Morgan fingerprint density at radius 1 is 0.667 bits per heavy atom. The predicted molar refractivity (Wildman–Crippen MR) is 96.7 cm³/mol. The van der Waals surface area contributed by atoms with Crippen molar-refractivity contribution in [2.24, 2.45) is 0 Å². The van der Waals surface area contributed by atoms with Crippen LogP contribution in [-0.4, -0.2) is 19.9 Å². The highest BCUT2D eigenvalue weighted by molar-refractivity contribution is 5.62. The van der Waals surface area contributed by atoms with Crippen LogP contribution >= 0.6 is 0 Å². The number of hydrogen-bond donors (Lipinski definition) is 0. The van der Waals surface area contributed by atoms with Gasteiger partial charge in [0.2, 0.25) is 0 Å². The van der Waals surface area contributed by atoms with E-state index in [1.807, 2.05) is 36.5 Å². The minimum absolute atomic E-state index is 0.265. The fourth-order valence-corrected chi connectivity index (χ4v) is 2.36. The molecule has 3 rings (SSSR count). The summed E-state index contributed by atoms with van der Waals surface area (Å²) in [4.78, 5) is 18.4. The summed E-state index contributed by atoms with van der Waals surface area (Å²) in [7, 11) is 0. The molecule has 4 nitrogen and oxygen atoms in total. The van der Waals surface area contributed by atoms with Crippen LogP contribution in [0.1, 0.15) is 51.2 Å². The number of aromatic nitrogens is 4. The normalized spacial score (nSPS) is 11.2. The molecule has 0 amide bonds. The Kier molecular flexibility index (Phi) is 4.65. The molecule has 122 valence electrons. The molecule has 0 spiro atoms. The lowest BCUT2D eigenvalue weighted by Gasteiger charge is -2.11. The van der Waals surface area contributed by atoms with E-state index in [-0.39, 0.29) is 11.8 Å². The summed E-state index contributed by atoms with van der Waals surface area (Å²) in [5.74, 6) is 2.89. The molecule has 0 radical (unpaired) electrons. The molecule has 0 aliphatic rings. The van der Waals surface area contributed by atoms with Crippen LogP contribution in [0.2, 0.25) is 0 Å². The van der Waals surface area contributed by atoms with Crippen LogP contribution in [0, 0.1) is 0 Å². The molecule has 1 aromatic carbocycles. The summed E-state index contributed by atoms with van der Waals surface area (Å²) in [6.45, 7) is 8.39. The SMILES string of the molecule is CC(C)c1nc(-c2ccc(-c3ccccc3)nc2)nc(C(C)C)n1. The molecule has 0 aliphatic heterocycles. The average molecular weight is 318 g/mol. The smallest absolute Gasteiger partial charge is 0.164 e. The first-order valence-electron chi connectivity index (χ1n) is 8.32. The Balaban J connectivity index is 1.99. The van der Waals surface area contributed by atoms with Gasteiger partial charge in [-0.15, -0.1) is 0 Å². The number of rotatable bonds is 4. The second-order valence-electron chi connectivity index (χ2n) is 6.48. The van der Waals surface area contributed by atoms with E-state index in [1.165, 1.54) is 0 Å². The Bertz CT molecular complexity index is 783. The van der Waals surface area contributed by atoms with E-state index in [1.54, 1.807) is 0 Å². The van der Waals surface area contributed by atoms with Gasteiger partial charge in [-0.05, 0) is 12.1 Å². The lowest BCUT2D eigenvalue weighted by molar-refractivity contribution is 0.697. The first-order valence-corrected chi connectivity index (χ1v) is 8.32. The summed E-state index contributed by atoms with van der Waals surface area (Å²) < 4.78 is 0. The second kappa shape index (κ2) is 6.87. The van der Waals surface area contributed by atoms with Crippen molar-refractivity contribution in [1.29, 1.82) is 0 Å². The van der Waals surface area contributed by atoms with Crippen LogP contribution < -0.4 is 0 Å². The topological polar surface area (TPSA) is 51.6 Å². The maximum Gasteiger partial charge on any atom is 0.164 e. The first kappa shape index (κ1) is 16.2. The summed E-state index contributed by atoms with van der Waals surface area (Å²) >= 11 is 0. The molecule has 3 aromatic rings. The van der Waals surface area contributed by atoms with E-state index in [0.29, 0.717) is 5.82 Å². The van der Waals surface area contributed by atoms with Gasteiger partial charge < -0.3 is 0 Å². The van der Waals surface area contributed by atoms with Gasteiger partial charge in [-0.1, -0.05) is 58.0 Å². The van der Waals surface area contributed by atoms with Crippen molar-refractivity contribution in [2.75, 3.05) is 0 Å². The van der Waals surface area contributed by atoms with Gasteiger partial charge in [0.25, 0.3) is 0 Å². The molecule has 0 atom stereocenters. The van der Waals surface area contributed by atoms with Gasteiger partial charge >= 0.3 is 0 Å². The van der Waals surface area contributed by atoms with Crippen molar-refractivity contribution in [2.45, 2.75) is 39.5 Å². The van der Waals surface area contributed by atoms with Crippen molar-refractivity contribution in [3.05, 3.63) is 60.3 Å². The Morgan fingerprint density at radius 2 is 1.29 bits per heavy atom. The maximum absolute atomic E-state index is 4.63. The fraction of sp³-hybridized carbons (Fsp3) is 0.300. The highest BCUT2D eigenvalue weighted by atomic mass is 15.0. The van der Waals surface area contributed by atoms with Gasteiger partial charge in [0.05, 0.1) is 5.69 Å². The zero-order chi connectivity index (χ0) is 17.1. The van der Waals surface area contributed by atoms with Crippen LogP contribution in [0.3, 0.4) is 0 Å². The van der Waals surface area contributed by atoms with Gasteiger partial charge in [0, 0.05) is 29.2 Å². The molecule has 4 heteroatoms. The first-order chi connectivity index (χ1) is 11.5. The minimum Gasteiger partial charge on any atom is -0.255 e. The number of hydrogen-bond acceptors (Lipinski definition) is 4. The number of nitrogens with zero attached hydrogens (tertiary/aromatic N) is 4. The zero-order valence-electron chi connectivity index (χ0n) is 14.6. The highest BCUT2D eigenvalue weighted by Gasteiger charge is 2.13. The fourth-order valence-electron chi connectivity index (χ4n) is 2.36.